The summed E-state index contributed by atoms with van der Waals surface area (Å²) < 4.78 is 0. The molecule has 0 spiro atoms. The number of aromatic nitrogens is 2. The minimum absolute atomic E-state index is 0.155. The topological polar surface area (TPSA) is 40.7 Å². The van der Waals surface area contributed by atoms with Crippen molar-refractivity contribution in [2.45, 2.75) is 26.2 Å². The van der Waals surface area contributed by atoms with Crippen LogP contribution in [0.4, 0.5) is 5.95 Å². The molecule has 3 heteroatoms. The van der Waals surface area contributed by atoms with Crippen molar-refractivity contribution >= 4 is 5.95 Å². The van der Waals surface area contributed by atoms with E-state index < -0.39 is 0 Å². The second-order valence-electron chi connectivity index (χ2n) is 3.65. The van der Waals surface area contributed by atoms with Gasteiger partial charge in [0.05, 0.1) is 6.20 Å². The number of anilines is 1. The lowest BCUT2D eigenvalue weighted by Gasteiger charge is -2.14. The number of aromatic amines is 1. The molecule has 1 aromatic heterocycles. The molecule has 1 heterocycles. The summed E-state index contributed by atoms with van der Waals surface area (Å²) in [7, 11) is 1.85. The lowest BCUT2D eigenvalue weighted by Crippen LogP contribution is -2.11. The summed E-state index contributed by atoms with van der Waals surface area (Å²) in [5.74, 6) is 0.829. The first-order chi connectivity index (χ1) is 5.04. The lowest BCUT2D eigenvalue weighted by atomic mass is 9.93. The number of H-pyrrole nitrogens is 1. The molecule has 11 heavy (non-hydrogen) atoms. The van der Waals surface area contributed by atoms with Gasteiger partial charge < -0.3 is 10.3 Å². The second kappa shape index (κ2) is 2.57. The molecule has 0 aliphatic carbocycles. The molecule has 0 aliphatic heterocycles. The van der Waals surface area contributed by atoms with Gasteiger partial charge in [-0.25, -0.2) is 4.98 Å². The second-order valence-corrected chi connectivity index (χ2v) is 3.65. The molecule has 1 aromatic rings. The molecule has 0 amide bonds. The van der Waals surface area contributed by atoms with E-state index in [1.807, 2.05) is 13.2 Å². The highest BCUT2D eigenvalue weighted by molar-refractivity contribution is 5.27. The maximum Gasteiger partial charge on any atom is 0.200 e. The van der Waals surface area contributed by atoms with Crippen molar-refractivity contribution in [3.05, 3.63) is 11.9 Å². The van der Waals surface area contributed by atoms with Gasteiger partial charge in [-0.2, -0.15) is 0 Å². The first kappa shape index (κ1) is 8.11. The summed E-state index contributed by atoms with van der Waals surface area (Å²) in [5, 5.41) is 2.95. The van der Waals surface area contributed by atoms with Crippen molar-refractivity contribution in [1.29, 1.82) is 0 Å². The van der Waals surface area contributed by atoms with Crippen LogP contribution in [0.2, 0.25) is 0 Å². The van der Waals surface area contributed by atoms with E-state index in [1.54, 1.807) is 0 Å². The largest absolute Gasteiger partial charge is 0.359 e. The van der Waals surface area contributed by atoms with Gasteiger partial charge in [-0.1, -0.05) is 20.8 Å². The third-order valence-electron chi connectivity index (χ3n) is 1.62. The Labute approximate surface area is 67.2 Å². The zero-order chi connectivity index (χ0) is 8.48. The van der Waals surface area contributed by atoms with Gasteiger partial charge in [-0.3, -0.25) is 0 Å². The van der Waals surface area contributed by atoms with Crippen LogP contribution in [-0.4, -0.2) is 17.0 Å². The summed E-state index contributed by atoms with van der Waals surface area (Å²) >= 11 is 0. The molecule has 0 unspecified atom stereocenters. The van der Waals surface area contributed by atoms with Crippen molar-refractivity contribution in [1.82, 2.24) is 9.97 Å². The predicted molar refractivity (Wildman–Crippen MR) is 46.8 cm³/mol. The molecule has 0 saturated carbocycles. The Balaban J connectivity index is 2.89. The van der Waals surface area contributed by atoms with E-state index in [2.05, 4.69) is 36.1 Å². The molecule has 2 N–H and O–H groups in total. The van der Waals surface area contributed by atoms with Crippen molar-refractivity contribution in [3.63, 3.8) is 0 Å². The molecular formula is C8H15N3. The van der Waals surface area contributed by atoms with Gasteiger partial charge in [0.15, 0.2) is 5.95 Å². The van der Waals surface area contributed by atoms with E-state index in [0.717, 1.165) is 11.6 Å². The minimum Gasteiger partial charge on any atom is -0.359 e. The van der Waals surface area contributed by atoms with Crippen LogP contribution >= 0.6 is 0 Å². The van der Waals surface area contributed by atoms with Crippen LogP contribution in [0.1, 0.15) is 26.5 Å². The fourth-order valence-electron chi connectivity index (χ4n) is 0.829. The Morgan fingerprint density at radius 2 is 2.09 bits per heavy atom. The Morgan fingerprint density at radius 3 is 2.36 bits per heavy atom. The number of hydrogen-bond acceptors (Lipinski definition) is 2. The normalized spacial score (nSPS) is 11.6. The van der Waals surface area contributed by atoms with Crippen molar-refractivity contribution < 1.29 is 0 Å². The van der Waals surface area contributed by atoms with Crippen LogP contribution < -0.4 is 5.32 Å². The van der Waals surface area contributed by atoms with Crippen LogP contribution in [0.3, 0.4) is 0 Å². The fourth-order valence-corrected chi connectivity index (χ4v) is 0.829. The minimum atomic E-state index is 0.155. The third kappa shape index (κ3) is 1.73. The monoisotopic (exact) mass is 153 g/mol. The van der Waals surface area contributed by atoms with Gasteiger partial charge in [-0.05, 0) is 0 Å². The Morgan fingerprint density at radius 1 is 1.45 bits per heavy atom. The Kier molecular flexibility index (Phi) is 1.89. The van der Waals surface area contributed by atoms with Crippen molar-refractivity contribution in [2.75, 3.05) is 12.4 Å². The van der Waals surface area contributed by atoms with Gasteiger partial charge in [0, 0.05) is 18.2 Å². The number of nitrogens with one attached hydrogen (secondary N) is 2. The standard InChI is InChI=1S/C8H15N3/c1-8(2,3)6-5-10-7(9-4)11-6/h5H,1-4H3,(H2,9,10,11). The lowest BCUT2D eigenvalue weighted by molar-refractivity contribution is 0.573. The molecule has 0 bridgehead atoms. The number of hydrogen-bond donors (Lipinski definition) is 2. The molecule has 0 fully saturated rings. The molecule has 0 atom stereocenters. The number of rotatable bonds is 1. The summed E-state index contributed by atoms with van der Waals surface area (Å²) in [6.45, 7) is 6.46. The van der Waals surface area contributed by atoms with Crippen LogP contribution in [0.15, 0.2) is 6.20 Å². The van der Waals surface area contributed by atoms with Crippen LogP contribution in [0.5, 0.6) is 0 Å². The van der Waals surface area contributed by atoms with E-state index in [9.17, 15) is 0 Å². The summed E-state index contributed by atoms with van der Waals surface area (Å²) in [5.41, 5.74) is 1.31. The number of nitrogens with zero attached hydrogens (tertiary/aromatic N) is 1. The SMILES string of the molecule is CNc1ncc(C(C)(C)C)[nH]1. The van der Waals surface area contributed by atoms with E-state index in [4.69, 9.17) is 0 Å². The van der Waals surface area contributed by atoms with Crippen LogP contribution in [0, 0.1) is 0 Å². The quantitative estimate of drug-likeness (QED) is 0.645. The summed E-state index contributed by atoms with van der Waals surface area (Å²) in [6.07, 6.45) is 1.87. The third-order valence-corrected chi connectivity index (χ3v) is 1.62. The number of imidazole rings is 1. The highest BCUT2D eigenvalue weighted by atomic mass is 15.1. The molecule has 0 aliphatic rings. The van der Waals surface area contributed by atoms with Crippen LogP contribution in [0.25, 0.3) is 0 Å². The zero-order valence-electron chi connectivity index (χ0n) is 7.52. The van der Waals surface area contributed by atoms with Crippen molar-refractivity contribution in [2.24, 2.45) is 0 Å². The van der Waals surface area contributed by atoms with Gasteiger partial charge >= 0.3 is 0 Å². The maximum absolute atomic E-state index is 4.13. The van der Waals surface area contributed by atoms with Gasteiger partial charge in [0.2, 0.25) is 0 Å². The average Bonchev–Trinajstić information content (AvgIpc) is 2.32. The first-order valence-electron chi connectivity index (χ1n) is 3.77. The Bertz CT molecular complexity index is 232. The van der Waals surface area contributed by atoms with Gasteiger partial charge in [0.1, 0.15) is 0 Å². The average molecular weight is 153 g/mol. The highest BCUT2D eigenvalue weighted by Gasteiger charge is 2.15. The summed E-state index contributed by atoms with van der Waals surface area (Å²) in [4.78, 5) is 7.32. The first-order valence-corrected chi connectivity index (χ1v) is 3.77. The van der Waals surface area contributed by atoms with E-state index in [-0.39, 0.29) is 5.41 Å². The Hall–Kier alpha value is -0.990. The molecular weight excluding hydrogens is 138 g/mol. The molecule has 3 nitrogen and oxygen atoms in total. The predicted octanol–water partition coefficient (Wildman–Crippen LogP) is 1.75. The van der Waals surface area contributed by atoms with E-state index in [0.29, 0.717) is 0 Å². The molecule has 0 radical (unpaired) electrons. The highest BCUT2D eigenvalue weighted by Crippen LogP contribution is 2.20. The van der Waals surface area contributed by atoms with Gasteiger partial charge in [0.25, 0.3) is 0 Å². The van der Waals surface area contributed by atoms with E-state index in [1.165, 1.54) is 0 Å². The van der Waals surface area contributed by atoms with Crippen LogP contribution in [-0.2, 0) is 5.41 Å². The molecule has 0 saturated heterocycles. The maximum atomic E-state index is 4.13. The molecule has 1 rings (SSSR count). The smallest absolute Gasteiger partial charge is 0.200 e. The molecule has 62 valence electrons. The summed E-state index contributed by atoms with van der Waals surface area (Å²) in [6, 6.07) is 0. The zero-order valence-corrected chi connectivity index (χ0v) is 7.52. The van der Waals surface area contributed by atoms with Crippen molar-refractivity contribution in [3.8, 4) is 0 Å². The van der Waals surface area contributed by atoms with Gasteiger partial charge in [-0.15, -0.1) is 0 Å². The van der Waals surface area contributed by atoms with E-state index >= 15 is 0 Å². The molecule has 0 aromatic carbocycles. The fraction of sp³-hybridized carbons (Fsp3) is 0.625.